The predicted molar refractivity (Wildman–Crippen MR) is 124 cm³/mol. The van der Waals surface area contributed by atoms with Crippen molar-refractivity contribution in [3.63, 3.8) is 0 Å². The number of sulfonamides is 1. The van der Waals surface area contributed by atoms with Crippen LogP contribution in [0.15, 0.2) is 71.6 Å². The summed E-state index contributed by atoms with van der Waals surface area (Å²) in [6.45, 7) is 1.48. The number of amides is 1. The van der Waals surface area contributed by atoms with Crippen molar-refractivity contribution in [3.05, 3.63) is 66.7 Å². The van der Waals surface area contributed by atoms with Gasteiger partial charge in [-0.25, -0.2) is 8.42 Å². The third-order valence-corrected chi connectivity index (χ3v) is 7.24. The summed E-state index contributed by atoms with van der Waals surface area (Å²) in [6.07, 6.45) is 0. The van der Waals surface area contributed by atoms with Crippen LogP contribution in [0, 0.1) is 0 Å². The highest BCUT2D eigenvalue weighted by Crippen LogP contribution is 2.28. The first-order valence-corrected chi connectivity index (χ1v) is 12.0. The lowest BCUT2D eigenvalue weighted by molar-refractivity contribution is -0.117. The Morgan fingerprint density at radius 3 is 2.47 bits per heavy atom. The van der Waals surface area contributed by atoms with Crippen molar-refractivity contribution in [1.29, 1.82) is 0 Å². The monoisotopic (exact) mass is 468 g/mol. The molecule has 1 aromatic heterocycles. The van der Waals surface area contributed by atoms with E-state index in [1.165, 1.54) is 24.3 Å². The first-order valence-electron chi connectivity index (χ1n) is 9.66. The van der Waals surface area contributed by atoms with Crippen molar-refractivity contribution in [2.75, 3.05) is 12.4 Å². The number of hydrogen-bond acceptors (Lipinski definition) is 7. The largest absolute Gasteiger partial charge is 0.497 e. The summed E-state index contributed by atoms with van der Waals surface area (Å²) in [6, 6.07) is 18.5. The van der Waals surface area contributed by atoms with Gasteiger partial charge in [0.05, 0.1) is 18.0 Å². The molecule has 0 aliphatic rings. The van der Waals surface area contributed by atoms with Crippen molar-refractivity contribution < 1.29 is 17.9 Å². The Balaban J connectivity index is 1.46. The number of methoxy groups -OCH3 is 1. The number of hydrogen-bond donors (Lipinski definition) is 2. The number of ether oxygens (including phenoxy) is 1. The van der Waals surface area contributed by atoms with E-state index >= 15 is 0 Å². The molecule has 8 nitrogen and oxygen atoms in total. The lowest BCUT2D eigenvalue weighted by atomic mass is 10.1. The van der Waals surface area contributed by atoms with Crippen LogP contribution in [0.2, 0.25) is 0 Å². The van der Waals surface area contributed by atoms with E-state index in [2.05, 4.69) is 20.2 Å². The first-order chi connectivity index (χ1) is 15.4. The molecule has 0 radical (unpaired) electrons. The summed E-state index contributed by atoms with van der Waals surface area (Å²) in [5.74, 6) is 0.185. The third kappa shape index (κ3) is 4.62. The first kappa shape index (κ1) is 21.9. The van der Waals surface area contributed by atoms with Gasteiger partial charge in [-0.15, -0.1) is 10.2 Å². The number of rotatable bonds is 7. The highest BCUT2D eigenvalue weighted by molar-refractivity contribution is 7.89. The maximum atomic E-state index is 12.9. The van der Waals surface area contributed by atoms with E-state index in [1.54, 1.807) is 37.4 Å². The summed E-state index contributed by atoms with van der Waals surface area (Å²) in [5, 5.41) is 13.0. The molecule has 0 aliphatic heterocycles. The minimum absolute atomic E-state index is 0.118. The van der Waals surface area contributed by atoms with E-state index in [1.807, 2.05) is 30.3 Å². The molecule has 0 aliphatic carbocycles. The summed E-state index contributed by atoms with van der Waals surface area (Å²) in [5.41, 5.74) is 0.827. The van der Waals surface area contributed by atoms with Crippen molar-refractivity contribution in [2.24, 2.45) is 0 Å². The van der Waals surface area contributed by atoms with E-state index in [9.17, 15) is 13.2 Å². The Bertz CT molecular complexity index is 1360. The average Bonchev–Trinajstić information content (AvgIpc) is 3.26. The molecular weight excluding hydrogens is 448 g/mol. The van der Waals surface area contributed by atoms with Crippen LogP contribution in [-0.4, -0.2) is 37.7 Å². The SMILES string of the molecule is COc1ccc(-c2nnc(NC(=O)C(C)NS(=O)(=O)c3cccc4ccccc34)s2)cc1. The maximum absolute atomic E-state index is 12.9. The maximum Gasteiger partial charge on any atom is 0.244 e. The molecule has 10 heteroatoms. The van der Waals surface area contributed by atoms with E-state index < -0.39 is 22.0 Å². The topological polar surface area (TPSA) is 110 Å². The molecule has 0 bridgehead atoms. The molecule has 164 valence electrons. The molecule has 0 saturated carbocycles. The normalized spacial score (nSPS) is 12.4. The number of nitrogens with one attached hydrogen (secondary N) is 2. The van der Waals surface area contributed by atoms with Crippen LogP contribution in [0.25, 0.3) is 21.3 Å². The molecule has 0 spiro atoms. The van der Waals surface area contributed by atoms with Gasteiger partial charge in [0, 0.05) is 10.9 Å². The van der Waals surface area contributed by atoms with Crippen LogP contribution in [0.1, 0.15) is 6.92 Å². The fourth-order valence-corrected chi connectivity index (χ4v) is 5.30. The second-order valence-electron chi connectivity index (χ2n) is 6.95. The number of carbonyl (C=O) groups excluding carboxylic acids is 1. The number of aromatic nitrogens is 2. The number of nitrogens with zero attached hydrogens (tertiary/aromatic N) is 2. The van der Waals surface area contributed by atoms with E-state index in [4.69, 9.17) is 4.74 Å². The van der Waals surface area contributed by atoms with E-state index in [0.29, 0.717) is 10.4 Å². The highest BCUT2D eigenvalue weighted by atomic mass is 32.2. The molecular formula is C22H20N4O4S2. The molecule has 0 fully saturated rings. The predicted octanol–water partition coefficient (Wildman–Crippen LogP) is 3.67. The van der Waals surface area contributed by atoms with Crippen molar-refractivity contribution >= 4 is 43.2 Å². The molecule has 3 aromatic carbocycles. The molecule has 1 unspecified atom stereocenters. The van der Waals surface area contributed by atoms with Crippen LogP contribution in [0.5, 0.6) is 5.75 Å². The molecule has 1 heterocycles. The van der Waals surface area contributed by atoms with E-state index in [-0.39, 0.29) is 10.0 Å². The number of fused-ring (bicyclic) bond motifs is 1. The summed E-state index contributed by atoms with van der Waals surface area (Å²) in [7, 11) is -2.34. The highest BCUT2D eigenvalue weighted by Gasteiger charge is 2.24. The van der Waals surface area contributed by atoms with Crippen LogP contribution >= 0.6 is 11.3 Å². The Morgan fingerprint density at radius 2 is 1.72 bits per heavy atom. The zero-order chi connectivity index (χ0) is 22.7. The summed E-state index contributed by atoms with van der Waals surface area (Å²) < 4.78 is 33.4. The molecule has 1 amide bonds. The third-order valence-electron chi connectivity index (χ3n) is 4.76. The Kier molecular flexibility index (Phi) is 6.17. The van der Waals surface area contributed by atoms with Crippen molar-refractivity contribution in [2.45, 2.75) is 17.9 Å². The van der Waals surface area contributed by atoms with Gasteiger partial charge in [-0.3, -0.25) is 10.1 Å². The molecule has 2 N–H and O–H groups in total. The standard InChI is InChI=1S/C22H20N4O4S2/c1-14(26-32(28,29)19-9-5-7-15-6-3-4-8-18(15)19)20(27)23-22-25-24-21(31-22)16-10-12-17(30-2)13-11-16/h3-14,26H,1-2H3,(H,23,25,27). The smallest absolute Gasteiger partial charge is 0.244 e. The van der Waals surface area contributed by atoms with Crippen molar-refractivity contribution in [3.8, 4) is 16.3 Å². The zero-order valence-electron chi connectivity index (χ0n) is 17.3. The Morgan fingerprint density at radius 1 is 1.00 bits per heavy atom. The van der Waals surface area contributed by atoms with Crippen LogP contribution in [0.3, 0.4) is 0 Å². The molecule has 1 atom stereocenters. The van der Waals surface area contributed by atoms with Gasteiger partial charge in [0.15, 0.2) is 0 Å². The fourth-order valence-electron chi connectivity index (χ4n) is 3.12. The molecule has 4 rings (SSSR count). The zero-order valence-corrected chi connectivity index (χ0v) is 18.9. The van der Waals surface area contributed by atoms with Gasteiger partial charge in [0.1, 0.15) is 10.8 Å². The van der Waals surface area contributed by atoms with Gasteiger partial charge >= 0.3 is 0 Å². The number of anilines is 1. The second kappa shape index (κ2) is 9.03. The molecule has 32 heavy (non-hydrogen) atoms. The van der Waals surface area contributed by atoms with Crippen LogP contribution < -0.4 is 14.8 Å². The minimum atomic E-state index is -3.92. The minimum Gasteiger partial charge on any atom is -0.497 e. The Hall–Kier alpha value is -3.34. The molecule has 4 aromatic rings. The van der Waals surface area contributed by atoms with Crippen LogP contribution in [0.4, 0.5) is 5.13 Å². The van der Waals surface area contributed by atoms with Gasteiger partial charge in [-0.2, -0.15) is 4.72 Å². The average molecular weight is 469 g/mol. The van der Waals surface area contributed by atoms with Gasteiger partial charge in [-0.1, -0.05) is 47.7 Å². The quantitative estimate of drug-likeness (QED) is 0.428. The lowest BCUT2D eigenvalue weighted by Gasteiger charge is -2.14. The fraction of sp³-hybridized carbons (Fsp3) is 0.136. The van der Waals surface area contributed by atoms with Crippen molar-refractivity contribution in [1.82, 2.24) is 14.9 Å². The van der Waals surface area contributed by atoms with Gasteiger partial charge in [0.25, 0.3) is 0 Å². The van der Waals surface area contributed by atoms with Crippen LogP contribution in [-0.2, 0) is 14.8 Å². The van der Waals surface area contributed by atoms with E-state index in [0.717, 1.165) is 16.7 Å². The number of benzene rings is 3. The second-order valence-corrected chi connectivity index (χ2v) is 9.61. The number of carbonyl (C=O) groups is 1. The molecule has 0 saturated heterocycles. The Labute approximate surface area is 189 Å². The summed E-state index contributed by atoms with van der Waals surface area (Å²) >= 11 is 1.19. The van der Waals surface area contributed by atoms with Gasteiger partial charge in [-0.05, 0) is 42.6 Å². The lowest BCUT2D eigenvalue weighted by Crippen LogP contribution is -2.41. The van der Waals surface area contributed by atoms with Gasteiger partial charge < -0.3 is 4.74 Å². The summed E-state index contributed by atoms with van der Waals surface area (Å²) in [4.78, 5) is 12.7. The van der Waals surface area contributed by atoms with Gasteiger partial charge in [0.2, 0.25) is 21.1 Å².